The van der Waals surface area contributed by atoms with Gasteiger partial charge >= 0.3 is 0 Å². The smallest absolute Gasteiger partial charge is 0.282 e. The summed E-state index contributed by atoms with van der Waals surface area (Å²) in [4.78, 5) is 17.8. The van der Waals surface area contributed by atoms with Crippen molar-refractivity contribution in [2.24, 2.45) is 5.10 Å². The predicted molar refractivity (Wildman–Crippen MR) is 127 cm³/mol. The van der Waals surface area contributed by atoms with Gasteiger partial charge < -0.3 is 14.0 Å². The van der Waals surface area contributed by atoms with Gasteiger partial charge in [-0.25, -0.2) is 4.98 Å². The van der Waals surface area contributed by atoms with Crippen LogP contribution >= 0.6 is 15.9 Å². The molecule has 32 heavy (non-hydrogen) atoms. The molecule has 5 rings (SSSR count). The van der Waals surface area contributed by atoms with Gasteiger partial charge in [0.1, 0.15) is 5.82 Å². The summed E-state index contributed by atoms with van der Waals surface area (Å²) in [5.41, 5.74) is 4.44. The molecule has 0 atom stereocenters. The van der Waals surface area contributed by atoms with Crippen molar-refractivity contribution >= 4 is 33.0 Å². The summed E-state index contributed by atoms with van der Waals surface area (Å²) in [6.45, 7) is 6.26. The Hall–Kier alpha value is -3.39. The lowest BCUT2D eigenvalue weighted by molar-refractivity contribution is 0.174. The van der Waals surface area contributed by atoms with Gasteiger partial charge in [-0.15, -0.1) is 0 Å². The molecule has 7 nitrogen and oxygen atoms in total. The fraction of sp³-hybridized carbons (Fsp3) is 0.208. The molecule has 0 N–H and O–H groups in total. The van der Waals surface area contributed by atoms with Crippen LogP contribution in [0.1, 0.15) is 29.7 Å². The van der Waals surface area contributed by atoms with Gasteiger partial charge in [0, 0.05) is 39.6 Å². The Bertz CT molecular complexity index is 1450. The molecule has 0 fully saturated rings. The molecule has 1 aliphatic heterocycles. The number of fused-ring (bicyclic) bond motifs is 2. The fourth-order valence-corrected chi connectivity index (χ4v) is 4.36. The molecule has 0 aliphatic carbocycles. The number of aromatic nitrogens is 3. The molecular weight excluding hydrogens is 472 g/mol. The topological polar surface area (TPSA) is 70.6 Å². The minimum Gasteiger partial charge on any atom is -0.454 e. The molecule has 1 aliphatic rings. The van der Waals surface area contributed by atoms with Crippen molar-refractivity contribution in [2.45, 2.75) is 27.2 Å². The summed E-state index contributed by atoms with van der Waals surface area (Å²) in [5, 5.41) is 5.06. The molecule has 0 unspecified atom stereocenters. The number of aryl methyl sites for hydroxylation is 2. The highest BCUT2D eigenvalue weighted by molar-refractivity contribution is 9.10. The van der Waals surface area contributed by atoms with E-state index in [4.69, 9.17) is 9.47 Å². The van der Waals surface area contributed by atoms with Gasteiger partial charge in [0.2, 0.25) is 6.79 Å². The van der Waals surface area contributed by atoms with Crippen molar-refractivity contribution in [3.8, 4) is 17.2 Å². The van der Waals surface area contributed by atoms with Crippen LogP contribution in [-0.2, 0) is 6.42 Å². The summed E-state index contributed by atoms with van der Waals surface area (Å²) in [6.07, 6.45) is 2.31. The maximum atomic E-state index is 13.1. The lowest BCUT2D eigenvalue weighted by Gasteiger charge is -2.10. The Balaban J connectivity index is 1.57. The predicted octanol–water partition coefficient (Wildman–Crippen LogP) is 4.74. The molecule has 4 aromatic rings. The first kappa shape index (κ1) is 20.5. The van der Waals surface area contributed by atoms with Gasteiger partial charge in [-0.2, -0.15) is 9.78 Å². The lowest BCUT2D eigenvalue weighted by atomic mass is 10.2. The number of nitrogens with zero attached hydrogens (tertiary/aromatic N) is 4. The van der Waals surface area contributed by atoms with E-state index >= 15 is 0 Å². The van der Waals surface area contributed by atoms with Gasteiger partial charge in [-0.3, -0.25) is 4.79 Å². The maximum Gasteiger partial charge on any atom is 0.282 e. The largest absolute Gasteiger partial charge is 0.454 e. The molecule has 0 radical (unpaired) electrons. The van der Waals surface area contributed by atoms with Crippen LogP contribution in [0.25, 0.3) is 16.6 Å². The second-order valence-electron chi connectivity index (χ2n) is 7.60. The summed E-state index contributed by atoms with van der Waals surface area (Å²) in [7, 11) is 0. The average Bonchev–Trinajstić information content (AvgIpc) is 3.36. The van der Waals surface area contributed by atoms with Crippen molar-refractivity contribution in [1.29, 1.82) is 0 Å². The molecule has 3 heterocycles. The Morgan fingerprint density at radius 1 is 1.12 bits per heavy atom. The zero-order valence-electron chi connectivity index (χ0n) is 17.9. The number of hydrogen-bond donors (Lipinski definition) is 0. The van der Waals surface area contributed by atoms with Crippen LogP contribution < -0.4 is 15.0 Å². The summed E-state index contributed by atoms with van der Waals surface area (Å²) < 4.78 is 15.3. The minimum absolute atomic E-state index is 0.186. The molecule has 0 amide bonds. The zero-order chi connectivity index (χ0) is 22.4. The van der Waals surface area contributed by atoms with Crippen molar-refractivity contribution in [3.63, 3.8) is 0 Å². The van der Waals surface area contributed by atoms with Gasteiger partial charge in [0.15, 0.2) is 11.5 Å². The lowest BCUT2D eigenvalue weighted by Crippen LogP contribution is -2.22. The summed E-state index contributed by atoms with van der Waals surface area (Å²) in [5.74, 6) is 2.10. The van der Waals surface area contributed by atoms with Gasteiger partial charge in [0.05, 0.1) is 17.1 Å². The van der Waals surface area contributed by atoms with Crippen molar-refractivity contribution in [1.82, 2.24) is 14.2 Å². The normalized spacial score (nSPS) is 12.9. The molecular formula is C24H21BrN4O3. The van der Waals surface area contributed by atoms with Crippen LogP contribution in [0.5, 0.6) is 11.5 Å². The third-order valence-corrected chi connectivity index (χ3v) is 6.08. The Morgan fingerprint density at radius 2 is 1.94 bits per heavy atom. The molecule has 162 valence electrons. The van der Waals surface area contributed by atoms with E-state index in [1.807, 2.05) is 57.2 Å². The van der Waals surface area contributed by atoms with Crippen LogP contribution in [0, 0.1) is 13.8 Å². The summed E-state index contributed by atoms with van der Waals surface area (Å²) in [6, 6.07) is 13.4. The van der Waals surface area contributed by atoms with Crippen molar-refractivity contribution in [2.75, 3.05) is 6.79 Å². The van der Waals surface area contributed by atoms with Gasteiger partial charge in [0.25, 0.3) is 5.56 Å². The van der Waals surface area contributed by atoms with Crippen LogP contribution in [0.4, 0.5) is 0 Å². The van der Waals surface area contributed by atoms with E-state index in [2.05, 4.69) is 30.6 Å². The molecule has 0 saturated carbocycles. The molecule has 2 aromatic carbocycles. The highest BCUT2D eigenvalue weighted by atomic mass is 79.9. The maximum absolute atomic E-state index is 13.1. The Morgan fingerprint density at radius 3 is 2.75 bits per heavy atom. The van der Waals surface area contributed by atoms with E-state index in [-0.39, 0.29) is 12.4 Å². The second-order valence-corrected chi connectivity index (χ2v) is 8.52. The average molecular weight is 493 g/mol. The molecule has 0 saturated heterocycles. The SMILES string of the molecule is CCc1nc2ccc(Br)cc2c(=O)n1N=Cc1cc(C)n(-c2ccc3c(c2)OCO3)c1C. The number of halogens is 1. The third-order valence-electron chi connectivity index (χ3n) is 5.59. The summed E-state index contributed by atoms with van der Waals surface area (Å²) >= 11 is 3.43. The number of benzene rings is 2. The quantitative estimate of drug-likeness (QED) is 0.385. The highest BCUT2D eigenvalue weighted by Crippen LogP contribution is 2.34. The number of rotatable bonds is 4. The van der Waals surface area contributed by atoms with E-state index in [1.54, 1.807) is 12.3 Å². The first-order valence-corrected chi connectivity index (χ1v) is 11.1. The van der Waals surface area contributed by atoms with Crippen LogP contribution in [0.3, 0.4) is 0 Å². The second kappa shape index (κ2) is 7.94. The third kappa shape index (κ3) is 3.40. The standard InChI is InChI=1S/C24H21BrN4O3/c1-4-23-27-20-7-5-17(25)10-19(20)24(30)29(23)26-12-16-9-14(2)28(15(16)3)18-6-8-21-22(11-18)32-13-31-21/h5-12H,4,13H2,1-3H3. The Labute approximate surface area is 193 Å². The van der Waals surface area contributed by atoms with Crippen LogP contribution in [0.15, 0.2) is 56.8 Å². The number of ether oxygens (including phenoxy) is 2. The first-order valence-electron chi connectivity index (χ1n) is 10.3. The molecule has 0 bridgehead atoms. The van der Waals surface area contributed by atoms with Crippen molar-refractivity contribution in [3.05, 3.63) is 80.1 Å². The van der Waals surface area contributed by atoms with E-state index in [9.17, 15) is 4.79 Å². The van der Waals surface area contributed by atoms with Gasteiger partial charge in [-0.1, -0.05) is 22.9 Å². The zero-order valence-corrected chi connectivity index (χ0v) is 19.5. The molecule has 2 aromatic heterocycles. The highest BCUT2D eigenvalue weighted by Gasteiger charge is 2.17. The van der Waals surface area contributed by atoms with Crippen LogP contribution in [-0.4, -0.2) is 27.2 Å². The first-order chi connectivity index (χ1) is 15.5. The van der Waals surface area contributed by atoms with Crippen molar-refractivity contribution < 1.29 is 9.47 Å². The number of hydrogen-bond acceptors (Lipinski definition) is 5. The van der Waals surface area contributed by atoms with E-state index in [0.717, 1.165) is 38.6 Å². The Kier molecular flexibility index (Phi) is 5.09. The molecule has 0 spiro atoms. The van der Waals surface area contributed by atoms with E-state index in [0.29, 0.717) is 23.1 Å². The molecule has 8 heteroatoms. The monoisotopic (exact) mass is 492 g/mol. The van der Waals surface area contributed by atoms with Gasteiger partial charge in [-0.05, 0) is 50.2 Å². The van der Waals surface area contributed by atoms with Crippen LogP contribution in [0.2, 0.25) is 0 Å². The van der Waals surface area contributed by atoms with E-state index in [1.165, 1.54) is 4.68 Å². The minimum atomic E-state index is -0.186. The fourth-order valence-electron chi connectivity index (χ4n) is 4.00. The van der Waals surface area contributed by atoms with E-state index < -0.39 is 0 Å².